The van der Waals surface area contributed by atoms with E-state index in [0.717, 1.165) is 11.3 Å². The van der Waals surface area contributed by atoms with Crippen LogP contribution in [0.3, 0.4) is 0 Å². The number of benzene rings is 1. The third-order valence-corrected chi connectivity index (χ3v) is 4.67. The monoisotopic (exact) mass is 349 g/mol. The molecule has 3 heterocycles. The maximum absolute atomic E-state index is 13.1. The minimum Gasteiger partial charge on any atom is -0.467 e. The summed E-state index contributed by atoms with van der Waals surface area (Å²) < 4.78 is 5.38. The topological polar surface area (TPSA) is 65.8 Å². The molecular weight excluding hydrogens is 330 g/mol. The maximum Gasteiger partial charge on any atom is 0.322 e. The number of amides is 3. The zero-order valence-corrected chi connectivity index (χ0v) is 14.2. The van der Waals surface area contributed by atoms with Crippen LogP contribution in [-0.4, -0.2) is 34.8 Å². The van der Waals surface area contributed by atoms with Crippen LogP contribution in [0.5, 0.6) is 0 Å². The summed E-state index contributed by atoms with van der Waals surface area (Å²) in [6.45, 7) is 4.82. The maximum atomic E-state index is 13.1. The zero-order valence-electron chi connectivity index (χ0n) is 14.2. The van der Waals surface area contributed by atoms with E-state index in [1.807, 2.05) is 36.4 Å². The third kappa shape index (κ3) is 2.69. The van der Waals surface area contributed by atoms with Gasteiger partial charge in [-0.2, -0.15) is 0 Å². The molecule has 0 spiro atoms. The fourth-order valence-corrected chi connectivity index (χ4v) is 3.48. The van der Waals surface area contributed by atoms with Gasteiger partial charge < -0.3 is 14.6 Å². The second-order valence-corrected chi connectivity index (χ2v) is 6.29. The van der Waals surface area contributed by atoms with Crippen molar-refractivity contribution in [3.8, 4) is 0 Å². The van der Waals surface area contributed by atoms with E-state index in [2.05, 4.69) is 11.9 Å². The zero-order chi connectivity index (χ0) is 18.1. The number of nitrogens with zero attached hydrogens (tertiary/aromatic N) is 2. The fourth-order valence-electron chi connectivity index (χ4n) is 3.48. The highest BCUT2D eigenvalue weighted by Crippen LogP contribution is 2.36. The smallest absolute Gasteiger partial charge is 0.322 e. The normalized spacial score (nSPS) is 19.6. The number of rotatable bonds is 5. The molecule has 1 unspecified atom stereocenters. The van der Waals surface area contributed by atoms with Crippen molar-refractivity contribution in [2.75, 3.05) is 13.1 Å². The molecule has 3 amide bonds. The molecule has 132 valence electrons. The van der Waals surface area contributed by atoms with Crippen molar-refractivity contribution in [3.63, 3.8) is 0 Å². The SMILES string of the molecule is C=CCN1C(=O)NC(c2ccccc2)C2=C1CN(Cc1ccco1)C2=O. The van der Waals surface area contributed by atoms with Crippen LogP contribution < -0.4 is 5.32 Å². The lowest BCUT2D eigenvalue weighted by Gasteiger charge is -2.33. The Morgan fingerprint density at radius 2 is 2.00 bits per heavy atom. The molecule has 26 heavy (non-hydrogen) atoms. The summed E-state index contributed by atoms with van der Waals surface area (Å²) in [4.78, 5) is 29.0. The van der Waals surface area contributed by atoms with E-state index >= 15 is 0 Å². The van der Waals surface area contributed by atoms with Gasteiger partial charge in [0.15, 0.2) is 0 Å². The first kappa shape index (κ1) is 16.2. The van der Waals surface area contributed by atoms with Crippen LogP contribution in [0.4, 0.5) is 4.79 Å². The first-order valence-electron chi connectivity index (χ1n) is 8.47. The molecule has 0 aliphatic carbocycles. The van der Waals surface area contributed by atoms with E-state index in [1.54, 1.807) is 28.2 Å². The van der Waals surface area contributed by atoms with Crippen molar-refractivity contribution in [1.29, 1.82) is 0 Å². The number of carbonyl (C=O) groups excluding carboxylic acids is 2. The first-order chi connectivity index (χ1) is 12.7. The minimum absolute atomic E-state index is 0.0840. The molecular formula is C20H19N3O3. The molecule has 1 N–H and O–H groups in total. The highest BCUT2D eigenvalue weighted by atomic mass is 16.3. The predicted molar refractivity (Wildman–Crippen MR) is 95.8 cm³/mol. The summed E-state index contributed by atoms with van der Waals surface area (Å²) in [5, 5.41) is 2.96. The number of hydrogen-bond donors (Lipinski definition) is 1. The molecule has 0 fully saturated rings. The standard InChI is InChI=1S/C20H19N3O3/c1-2-10-23-16-13-22(12-15-9-6-11-26-15)19(24)17(16)18(21-20(23)25)14-7-4-3-5-8-14/h2-9,11,18H,1,10,12-13H2,(H,21,25). The van der Waals surface area contributed by atoms with E-state index in [0.29, 0.717) is 31.0 Å². The van der Waals surface area contributed by atoms with Crippen LogP contribution in [0, 0.1) is 0 Å². The Labute approximate surface area is 151 Å². The molecule has 2 aliphatic rings. The Kier molecular flexibility index (Phi) is 4.08. The van der Waals surface area contributed by atoms with Gasteiger partial charge in [0.2, 0.25) is 0 Å². The number of nitrogens with one attached hydrogen (secondary N) is 1. The number of urea groups is 1. The Balaban J connectivity index is 1.72. The van der Waals surface area contributed by atoms with Gasteiger partial charge in [0.05, 0.1) is 36.7 Å². The molecule has 2 aliphatic heterocycles. The molecule has 2 aromatic rings. The Morgan fingerprint density at radius 3 is 2.69 bits per heavy atom. The molecule has 0 saturated heterocycles. The molecule has 6 nitrogen and oxygen atoms in total. The van der Waals surface area contributed by atoms with Gasteiger partial charge in [-0.3, -0.25) is 9.69 Å². The van der Waals surface area contributed by atoms with Gasteiger partial charge in [0, 0.05) is 6.54 Å². The van der Waals surface area contributed by atoms with Crippen LogP contribution >= 0.6 is 0 Å². The second-order valence-electron chi connectivity index (χ2n) is 6.29. The molecule has 1 aromatic carbocycles. The first-order valence-corrected chi connectivity index (χ1v) is 8.47. The minimum atomic E-state index is -0.450. The number of furan rings is 1. The van der Waals surface area contributed by atoms with E-state index in [-0.39, 0.29) is 11.9 Å². The Bertz CT molecular complexity index is 871. The van der Waals surface area contributed by atoms with Crippen molar-refractivity contribution < 1.29 is 14.0 Å². The number of hydrogen-bond acceptors (Lipinski definition) is 3. The summed E-state index contributed by atoms with van der Waals surface area (Å²) in [5.41, 5.74) is 2.24. The van der Waals surface area contributed by atoms with Crippen LogP contribution in [0.25, 0.3) is 0 Å². The molecule has 4 rings (SSSR count). The van der Waals surface area contributed by atoms with Crippen molar-refractivity contribution in [2.45, 2.75) is 12.6 Å². The Hall–Kier alpha value is -3.28. The van der Waals surface area contributed by atoms with Crippen molar-refractivity contribution in [3.05, 3.63) is 84.0 Å². The quantitative estimate of drug-likeness (QED) is 0.844. The largest absolute Gasteiger partial charge is 0.467 e. The highest BCUT2D eigenvalue weighted by Gasteiger charge is 2.43. The van der Waals surface area contributed by atoms with E-state index in [1.165, 1.54) is 0 Å². The summed E-state index contributed by atoms with van der Waals surface area (Å²) in [6.07, 6.45) is 3.25. The summed E-state index contributed by atoms with van der Waals surface area (Å²) >= 11 is 0. The average molecular weight is 349 g/mol. The highest BCUT2D eigenvalue weighted by molar-refractivity contribution is 6.01. The summed E-state index contributed by atoms with van der Waals surface area (Å²) in [7, 11) is 0. The van der Waals surface area contributed by atoms with Crippen LogP contribution in [0.15, 0.2) is 77.1 Å². The number of carbonyl (C=O) groups is 2. The third-order valence-electron chi connectivity index (χ3n) is 4.67. The summed E-state index contributed by atoms with van der Waals surface area (Å²) in [5.74, 6) is 0.628. The van der Waals surface area contributed by atoms with Gasteiger partial charge in [-0.05, 0) is 17.7 Å². The van der Waals surface area contributed by atoms with Gasteiger partial charge in [-0.25, -0.2) is 4.79 Å². The van der Waals surface area contributed by atoms with Gasteiger partial charge in [0.25, 0.3) is 5.91 Å². The van der Waals surface area contributed by atoms with Crippen LogP contribution in [-0.2, 0) is 11.3 Å². The molecule has 0 bridgehead atoms. The van der Waals surface area contributed by atoms with Crippen molar-refractivity contribution in [1.82, 2.24) is 15.1 Å². The second kappa shape index (κ2) is 6.55. The van der Waals surface area contributed by atoms with Gasteiger partial charge >= 0.3 is 6.03 Å². The molecule has 1 atom stereocenters. The lowest BCUT2D eigenvalue weighted by atomic mass is 9.95. The van der Waals surface area contributed by atoms with Crippen LogP contribution in [0.2, 0.25) is 0 Å². The van der Waals surface area contributed by atoms with Gasteiger partial charge in [0.1, 0.15) is 5.76 Å². The van der Waals surface area contributed by atoms with E-state index < -0.39 is 6.04 Å². The average Bonchev–Trinajstić information content (AvgIpc) is 3.27. The van der Waals surface area contributed by atoms with Gasteiger partial charge in [-0.15, -0.1) is 6.58 Å². The fraction of sp³-hybridized carbons (Fsp3) is 0.200. The molecule has 0 saturated carbocycles. The van der Waals surface area contributed by atoms with E-state index in [4.69, 9.17) is 4.42 Å². The van der Waals surface area contributed by atoms with Crippen LogP contribution in [0.1, 0.15) is 17.4 Å². The Morgan fingerprint density at radius 1 is 1.19 bits per heavy atom. The van der Waals surface area contributed by atoms with Crippen molar-refractivity contribution in [2.24, 2.45) is 0 Å². The van der Waals surface area contributed by atoms with E-state index in [9.17, 15) is 9.59 Å². The molecule has 0 radical (unpaired) electrons. The lowest BCUT2D eigenvalue weighted by molar-refractivity contribution is -0.126. The lowest BCUT2D eigenvalue weighted by Crippen LogP contribution is -2.47. The molecule has 1 aromatic heterocycles. The van der Waals surface area contributed by atoms with Gasteiger partial charge in [-0.1, -0.05) is 36.4 Å². The molecule has 6 heteroatoms. The van der Waals surface area contributed by atoms with Crippen molar-refractivity contribution >= 4 is 11.9 Å². The predicted octanol–water partition coefficient (Wildman–Crippen LogP) is 2.83. The summed E-state index contributed by atoms with van der Waals surface area (Å²) in [6, 6.07) is 12.5.